The molecular formula is C11H18N2O4. The van der Waals surface area contributed by atoms with Gasteiger partial charge in [-0.25, -0.2) is 4.79 Å². The largest absolute Gasteiger partial charge is 0.444 e. The third-order valence-electron chi connectivity index (χ3n) is 2.33. The van der Waals surface area contributed by atoms with E-state index in [9.17, 15) is 14.4 Å². The lowest BCUT2D eigenvalue weighted by atomic mass is 9.94. The fourth-order valence-electron chi connectivity index (χ4n) is 1.56. The Labute approximate surface area is 100 Å². The molecule has 0 saturated carbocycles. The molecule has 6 heteroatoms. The summed E-state index contributed by atoms with van der Waals surface area (Å²) in [6.07, 6.45) is 0.218. The second-order valence-corrected chi connectivity index (χ2v) is 5.06. The average molecular weight is 242 g/mol. The van der Waals surface area contributed by atoms with Crippen molar-refractivity contribution in [3.63, 3.8) is 0 Å². The fourth-order valence-corrected chi connectivity index (χ4v) is 1.56. The topological polar surface area (TPSA) is 84.5 Å². The second kappa shape index (κ2) is 5.16. The highest BCUT2D eigenvalue weighted by Crippen LogP contribution is 2.12. The molecule has 0 aromatic carbocycles. The Morgan fingerprint density at radius 3 is 2.71 bits per heavy atom. The molecule has 2 atom stereocenters. The van der Waals surface area contributed by atoms with Gasteiger partial charge in [0.25, 0.3) is 0 Å². The molecule has 17 heavy (non-hydrogen) atoms. The molecule has 0 aromatic rings. The van der Waals surface area contributed by atoms with Crippen molar-refractivity contribution in [2.45, 2.75) is 38.8 Å². The molecular weight excluding hydrogens is 224 g/mol. The smallest absolute Gasteiger partial charge is 0.407 e. The van der Waals surface area contributed by atoms with Crippen LogP contribution < -0.4 is 10.6 Å². The number of carbonyl (C=O) groups is 3. The number of hydrogen-bond donors (Lipinski definition) is 2. The summed E-state index contributed by atoms with van der Waals surface area (Å²) in [6, 6.07) is -0.403. The molecule has 2 unspecified atom stereocenters. The van der Waals surface area contributed by atoms with E-state index in [1.807, 2.05) is 0 Å². The number of amides is 2. The van der Waals surface area contributed by atoms with Crippen LogP contribution in [0.1, 0.15) is 27.2 Å². The zero-order chi connectivity index (χ0) is 13.1. The first-order chi connectivity index (χ1) is 7.81. The Kier molecular flexibility index (Phi) is 4.09. The first-order valence-corrected chi connectivity index (χ1v) is 5.53. The van der Waals surface area contributed by atoms with Crippen LogP contribution in [0.25, 0.3) is 0 Å². The Morgan fingerprint density at radius 2 is 2.18 bits per heavy atom. The molecule has 1 fully saturated rings. The molecule has 0 aromatic heterocycles. The molecule has 2 amide bonds. The summed E-state index contributed by atoms with van der Waals surface area (Å²) in [5.74, 6) is -0.666. The summed E-state index contributed by atoms with van der Waals surface area (Å²) in [5.41, 5.74) is -0.585. The molecule has 6 nitrogen and oxygen atoms in total. The summed E-state index contributed by atoms with van der Waals surface area (Å²) in [7, 11) is 0. The highest BCUT2D eigenvalue weighted by Gasteiger charge is 2.31. The zero-order valence-corrected chi connectivity index (χ0v) is 10.3. The van der Waals surface area contributed by atoms with E-state index in [1.54, 1.807) is 20.8 Å². The number of alkyl carbamates (subject to hydrolysis) is 1. The number of carbonyl (C=O) groups excluding carboxylic acids is 3. The Hall–Kier alpha value is -1.59. The number of nitrogens with one attached hydrogen (secondary N) is 2. The van der Waals surface area contributed by atoms with Crippen LogP contribution in [0.2, 0.25) is 0 Å². The van der Waals surface area contributed by atoms with Gasteiger partial charge in [0, 0.05) is 18.9 Å². The van der Waals surface area contributed by atoms with Crippen LogP contribution in [-0.2, 0) is 14.3 Å². The van der Waals surface area contributed by atoms with Crippen LogP contribution in [0.15, 0.2) is 0 Å². The third-order valence-corrected chi connectivity index (χ3v) is 2.33. The van der Waals surface area contributed by atoms with Crippen molar-refractivity contribution in [2.24, 2.45) is 5.92 Å². The van der Waals surface area contributed by atoms with E-state index >= 15 is 0 Å². The predicted molar refractivity (Wildman–Crippen MR) is 60.3 cm³/mol. The first-order valence-electron chi connectivity index (χ1n) is 5.53. The van der Waals surface area contributed by atoms with Crippen molar-refractivity contribution in [1.82, 2.24) is 10.6 Å². The fraction of sp³-hybridized carbons (Fsp3) is 0.727. The van der Waals surface area contributed by atoms with Crippen molar-refractivity contribution < 1.29 is 19.1 Å². The zero-order valence-electron chi connectivity index (χ0n) is 10.3. The monoisotopic (exact) mass is 242 g/mol. The minimum atomic E-state index is -0.585. The molecule has 1 saturated heterocycles. The highest BCUT2D eigenvalue weighted by atomic mass is 16.6. The molecule has 0 radical (unpaired) electrons. The summed E-state index contributed by atoms with van der Waals surface area (Å²) >= 11 is 0. The normalized spacial score (nSPS) is 24.8. The lowest BCUT2D eigenvalue weighted by Crippen LogP contribution is -2.54. The van der Waals surface area contributed by atoms with Crippen LogP contribution in [0, 0.1) is 5.92 Å². The van der Waals surface area contributed by atoms with E-state index in [4.69, 9.17) is 4.74 Å². The van der Waals surface area contributed by atoms with Crippen LogP contribution in [-0.4, -0.2) is 36.5 Å². The van der Waals surface area contributed by atoms with Gasteiger partial charge in [-0.1, -0.05) is 0 Å². The molecule has 0 spiro atoms. The molecule has 1 heterocycles. The van der Waals surface area contributed by atoms with Gasteiger partial charge in [-0.05, 0) is 20.8 Å². The Balaban J connectivity index is 2.52. The van der Waals surface area contributed by atoms with E-state index in [-0.39, 0.29) is 18.9 Å². The third kappa shape index (κ3) is 4.42. The maximum atomic E-state index is 11.5. The molecule has 2 N–H and O–H groups in total. The first kappa shape index (κ1) is 13.5. The SMILES string of the molecule is CC(C)(C)OC(=O)NC1CNC(=O)CC1C=O. The van der Waals surface area contributed by atoms with E-state index in [2.05, 4.69) is 10.6 Å². The molecule has 0 bridgehead atoms. The van der Waals surface area contributed by atoms with Gasteiger partial charge in [-0.2, -0.15) is 0 Å². The van der Waals surface area contributed by atoms with Crippen LogP contribution in [0.4, 0.5) is 4.79 Å². The van der Waals surface area contributed by atoms with Gasteiger partial charge in [0.2, 0.25) is 5.91 Å². The van der Waals surface area contributed by atoms with E-state index in [0.29, 0.717) is 6.29 Å². The maximum absolute atomic E-state index is 11.5. The van der Waals surface area contributed by atoms with Crippen molar-refractivity contribution in [3.05, 3.63) is 0 Å². The minimum absolute atomic E-state index is 0.101. The molecule has 1 aliphatic rings. The van der Waals surface area contributed by atoms with Gasteiger partial charge in [0.1, 0.15) is 11.9 Å². The number of ether oxygens (including phenoxy) is 1. The van der Waals surface area contributed by atoms with Crippen molar-refractivity contribution in [1.29, 1.82) is 0 Å². The Bertz CT molecular complexity index is 322. The molecule has 1 rings (SSSR count). The van der Waals surface area contributed by atoms with Crippen LogP contribution in [0.5, 0.6) is 0 Å². The van der Waals surface area contributed by atoms with Gasteiger partial charge < -0.3 is 20.2 Å². The van der Waals surface area contributed by atoms with E-state index in [0.717, 1.165) is 0 Å². The van der Waals surface area contributed by atoms with Crippen molar-refractivity contribution >= 4 is 18.3 Å². The molecule has 0 aliphatic carbocycles. The highest BCUT2D eigenvalue weighted by molar-refractivity contribution is 5.81. The van der Waals surface area contributed by atoms with Gasteiger partial charge >= 0.3 is 6.09 Å². The lowest BCUT2D eigenvalue weighted by molar-refractivity contribution is -0.127. The maximum Gasteiger partial charge on any atom is 0.407 e. The summed E-state index contributed by atoms with van der Waals surface area (Å²) < 4.78 is 5.08. The van der Waals surface area contributed by atoms with Gasteiger partial charge in [-0.3, -0.25) is 4.79 Å². The standard InChI is InChI=1S/C11H18N2O4/c1-11(2,3)17-10(16)13-8-5-12-9(15)4-7(8)6-14/h6-8H,4-5H2,1-3H3,(H,12,15)(H,13,16). The van der Waals surface area contributed by atoms with Crippen molar-refractivity contribution in [3.8, 4) is 0 Å². The summed E-state index contributed by atoms with van der Waals surface area (Å²) in [6.45, 7) is 5.52. The van der Waals surface area contributed by atoms with E-state index < -0.39 is 23.7 Å². The minimum Gasteiger partial charge on any atom is -0.444 e. The van der Waals surface area contributed by atoms with Crippen LogP contribution >= 0.6 is 0 Å². The van der Waals surface area contributed by atoms with Crippen molar-refractivity contribution in [2.75, 3.05) is 6.54 Å². The van der Waals surface area contributed by atoms with Gasteiger partial charge in [-0.15, -0.1) is 0 Å². The number of piperidine rings is 1. The lowest BCUT2D eigenvalue weighted by Gasteiger charge is -2.29. The second-order valence-electron chi connectivity index (χ2n) is 5.06. The van der Waals surface area contributed by atoms with Gasteiger partial charge in [0.05, 0.1) is 6.04 Å². The number of aldehydes is 1. The number of rotatable bonds is 2. The quantitative estimate of drug-likeness (QED) is 0.678. The summed E-state index contributed by atoms with van der Waals surface area (Å²) in [4.78, 5) is 33.4. The van der Waals surface area contributed by atoms with Crippen LogP contribution in [0.3, 0.4) is 0 Å². The predicted octanol–water partition coefficient (Wildman–Crippen LogP) is 0.215. The average Bonchev–Trinajstić information content (AvgIpc) is 2.17. The van der Waals surface area contributed by atoms with Gasteiger partial charge in [0.15, 0.2) is 0 Å². The van der Waals surface area contributed by atoms with E-state index in [1.165, 1.54) is 0 Å². The number of hydrogen-bond acceptors (Lipinski definition) is 4. The molecule has 1 aliphatic heterocycles. The molecule has 96 valence electrons. The Morgan fingerprint density at radius 1 is 1.53 bits per heavy atom. The summed E-state index contributed by atoms with van der Waals surface area (Å²) in [5, 5.41) is 5.19.